The summed E-state index contributed by atoms with van der Waals surface area (Å²) in [7, 11) is 1.94. The van der Waals surface area contributed by atoms with Crippen LogP contribution in [0.1, 0.15) is 43.5 Å². The number of rotatable bonds is 5. The monoisotopic (exact) mass is 508 g/mol. The lowest BCUT2D eigenvalue weighted by molar-refractivity contribution is -0.112. The van der Waals surface area contributed by atoms with Gasteiger partial charge >= 0.3 is 0 Å². The third-order valence-electron chi connectivity index (χ3n) is 7.28. The molecule has 1 aliphatic rings. The van der Waals surface area contributed by atoms with Gasteiger partial charge < -0.3 is 20.5 Å². The van der Waals surface area contributed by atoms with Crippen LogP contribution in [-0.4, -0.2) is 43.8 Å². The van der Waals surface area contributed by atoms with E-state index in [9.17, 15) is 9.59 Å². The smallest absolute Gasteiger partial charge is 0.254 e. The van der Waals surface area contributed by atoms with Gasteiger partial charge in [-0.3, -0.25) is 9.59 Å². The lowest BCUT2D eigenvalue weighted by Gasteiger charge is -2.33. The number of aromatic nitrogens is 3. The van der Waals surface area contributed by atoms with Crippen molar-refractivity contribution in [2.24, 2.45) is 7.05 Å². The van der Waals surface area contributed by atoms with E-state index in [1.165, 1.54) is 12.7 Å². The maximum absolute atomic E-state index is 13.2. The zero-order valence-electron chi connectivity index (χ0n) is 22.0. The van der Waals surface area contributed by atoms with Crippen molar-refractivity contribution in [1.29, 1.82) is 0 Å². The van der Waals surface area contributed by atoms with E-state index in [2.05, 4.69) is 28.8 Å². The van der Waals surface area contributed by atoms with Crippen LogP contribution in [0.15, 0.2) is 67.0 Å². The van der Waals surface area contributed by atoms with Crippen LogP contribution < -0.4 is 11.1 Å². The molecule has 1 fully saturated rings. The first-order valence-corrected chi connectivity index (χ1v) is 12.8. The van der Waals surface area contributed by atoms with E-state index in [4.69, 9.17) is 5.73 Å². The molecule has 2 aromatic heterocycles. The number of hydrogen-bond donors (Lipinski definition) is 2. The average Bonchev–Trinajstić information content (AvgIpc) is 3.22. The van der Waals surface area contributed by atoms with Gasteiger partial charge in [-0.15, -0.1) is 0 Å². The Morgan fingerprint density at radius 2 is 1.71 bits per heavy atom. The van der Waals surface area contributed by atoms with Crippen LogP contribution in [0.25, 0.3) is 33.4 Å². The molecule has 2 amide bonds. The normalized spacial score (nSPS) is 15.4. The highest BCUT2D eigenvalue weighted by Crippen LogP contribution is 2.41. The van der Waals surface area contributed by atoms with Crippen molar-refractivity contribution < 1.29 is 9.59 Å². The Bertz CT molecular complexity index is 1540. The van der Waals surface area contributed by atoms with Gasteiger partial charge in [-0.1, -0.05) is 30.8 Å². The van der Waals surface area contributed by atoms with Crippen LogP contribution >= 0.6 is 0 Å². The molecule has 0 aliphatic carbocycles. The molecule has 8 heteroatoms. The van der Waals surface area contributed by atoms with Crippen LogP contribution in [0.3, 0.4) is 0 Å². The minimum Gasteiger partial charge on any atom is -0.383 e. The van der Waals surface area contributed by atoms with Crippen molar-refractivity contribution in [2.45, 2.75) is 39.2 Å². The molecule has 1 atom stereocenters. The fourth-order valence-electron chi connectivity index (χ4n) is 5.19. The second kappa shape index (κ2) is 10.1. The molecule has 1 saturated heterocycles. The second-order valence-corrected chi connectivity index (χ2v) is 9.97. The van der Waals surface area contributed by atoms with E-state index < -0.39 is 0 Å². The van der Waals surface area contributed by atoms with Gasteiger partial charge in [0.05, 0.1) is 11.1 Å². The first-order valence-electron chi connectivity index (χ1n) is 12.8. The quantitative estimate of drug-likeness (QED) is 0.351. The van der Waals surface area contributed by atoms with Gasteiger partial charge in [-0.05, 0) is 68.5 Å². The molecule has 2 aromatic carbocycles. The number of carbonyl (C=O) groups is 2. The second-order valence-electron chi connectivity index (χ2n) is 9.97. The first kappa shape index (κ1) is 25.2. The molecule has 5 rings (SSSR count). The largest absolute Gasteiger partial charge is 0.383 e. The molecular weight excluding hydrogens is 476 g/mol. The summed E-state index contributed by atoms with van der Waals surface area (Å²) in [6.07, 6.45) is 4.71. The number of amides is 2. The van der Waals surface area contributed by atoms with Crippen LogP contribution in [0.2, 0.25) is 0 Å². The van der Waals surface area contributed by atoms with Gasteiger partial charge in [0.25, 0.3) is 11.8 Å². The van der Waals surface area contributed by atoms with Gasteiger partial charge in [-0.2, -0.15) is 0 Å². The molecule has 0 unspecified atom stereocenters. The van der Waals surface area contributed by atoms with E-state index in [0.29, 0.717) is 28.3 Å². The number of nitrogens with two attached hydrogens (primary N) is 1. The number of aryl methyl sites for hydroxylation is 1. The molecule has 38 heavy (non-hydrogen) atoms. The van der Waals surface area contributed by atoms with Gasteiger partial charge in [0, 0.05) is 42.0 Å². The summed E-state index contributed by atoms with van der Waals surface area (Å²) < 4.78 is 2.00. The van der Waals surface area contributed by atoms with E-state index >= 15 is 0 Å². The molecule has 0 spiro atoms. The lowest BCUT2D eigenvalue weighted by atomic mass is 9.97. The number of carbonyl (C=O) groups excluding carboxylic acids is 2. The van der Waals surface area contributed by atoms with Gasteiger partial charge in [-0.25, -0.2) is 9.97 Å². The number of nitrogens with one attached hydrogen (secondary N) is 1. The molecule has 3 heterocycles. The van der Waals surface area contributed by atoms with Crippen LogP contribution in [0, 0.1) is 0 Å². The standard InChI is InChI=1S/C30H32N6O2/c1-18(2)29(37)34-23-14-12-21(13-15-23)26-24(25-27(31)32-17-33-28(25)35(26)4)20-8-10-22(11-9-20)30(38)36-16-6-5-7-19(36)3/h8-15,17,19H,1,5-7,16H2,2-4H3,(H,34,37)(H2,31,32,33)/t19-/m0/s1. The number of likely N-dealkylation sites (tertiary alicyclic amines) is 1. The third kappa shape index (κ3) is 4.53. The van der Waals surface area contributed by atoms with Gasteiger partial charge in [0.15, 0.2) is 0 Å². The molecule has 194 valence electrons. The number of hydrogen-bond acceptors (Lipinski definition) is 5. The molecule has 0 radical (unpaired) electrons. The number of piperidine rings is 1. The molecule has 0 bridgehead atoms. The zero-order chi connectivity index (χ0) is 27.0. The SMILES string of the molecule is C=C(C)C(=O)Nc1ccc(-c2c(-c3ccc(C(=O)N4CCCC[C@@H]4C)cc3)c3c(N)ncnc3n2C)cc1. The van der Waals surface area contributed by atoms with Crippen molar-refractivity contribution in [2.75, 3.05) is 17.6 Å². The number of nitrogen functional groups attached to an aromatic ring is 1. The molecular formula is C30H32N6O2. The van der Waals surface area contributed by atoms with E-state index in [1.54, 1.807) is 6.92 Å². The molecule has 3 N–H and O–H groups in total. The molecule has 4 aromatic rings. The number of nitrogens with zero attached hydrogens (tertiary/aromatic N) is 4. The number of benzene rings is 2. The summed E-state index contributed by atoms with van der Waals surface area (Å²) in [4.78, 5) is 36.0. The summed E-state index contributed by atoms with van der Waals surface area (Å²) in [6, 6.07) is 15.6. The molecule has 0 saturated carbocycles. The third-order valence-corrected chi connectivity index (χ3v) is 7.28. The topological polar surface area (TPSA) is 106 Å². The Labute approximate surface area is 222 Å². The number of anilines is 2. The predicted molar refractivity (Wildman–Crippen MR) is 152 cm³/mol. The summed E-state index contributed by atoms with van der Waals surface area (Å²) in [5.41, 5.74) is 12.5. The minimum atomic E-state index is -0.223. The average molecular weight is 509 g/mol. The maximum atomic E-state index is 13.2. The van der Waals surface area contributed by atoms with Gasteiger partial charge in [0.2, 0.25) is 0 Å². The van der Waals surface area contributed by atoms with Crippen molar-refractivity contribution in [3.05, 3.63) is 72.6 Å². The van der Waals surface area contributed by atoms with E-state index in [-0.39, 0.29) is 17.9 Å². The fourth-order valence-corrected chi connectivity index (χ4v) is 5.19. The summed E-state index contributed by atoms with van der Waals surface area (Å²) >= 11 is 0. The van der Waals surface area contributed by atoms with Crippen LogP contribution in [-0.2, 0) is 11.8 Å². The van der Waals surface area contributed by atoms with E-state index in [1.807, 2.05) is 65.0 Å². The first-order chi connectivity index (χ1) is 18.3. The fraction of sp³-hybridized carbons (Fsp3) is 0.267. The highest BCUT2D eigenvalue weighted by atomic mass is 16.2. The molecule has 8 nitrogen and oxygen atoms in total. The predicted octanol–water partition coefficient (Wildman–Crippen LogP) is 5.41. The Morgan fingerprint density at radius 1 is 1.03 bits per heavy atom. The van der Waals surface area contributed by atoms with Crippen molar-refractivity contribution in [3.8, 4) is 22.4 Å². The summed E-state index contributed by atoms with van der Waals surface area (Å²) in [6.45, 7) is 8.27. The van der Waals surface area contributed by atoms with Crippen LogP contribution in [0.5, 0.6) is 0 Å². The Balaban J connectivity index is 1.57. The minimum absolute atomic E-state index is 0.0668. The Morgan fingerprint density at radius 3 is 2.37 bits per heavy atom. The summed E-state index contributed by atoms with van der Waals surface area (Å²) in [5, 5.41) is 3.60. The van der Waals surface area contributed by atoms with Gasteiger partial charge in [0.1, 0.15) is 17.8 Å². The Hall–Kier alpha value is -4.46. The maximum Gasteiger partial charge on any atom is 0.254 e. The molecule has 1 aliphatic heterocycles. The lowest BCUT2D eigenvalue weighted by Crippen LogP contribution is -2.41. The van der Waals surface area contributed by atoms with Crippen LogP contribution in [0.4, 0.5) is 11.5 Å². The van der Waals surface area contributed by atoms with Crippen molar-refractivity contribution in [1.82, 2.24) is 19.4 Å². The highest BCUT2D eigenvalue weighted by Gasteiger charge is 2.25. The van der Waals surface area contributed by atoms with Crippen molar-refractivity contribution >= 4 is 34.4 Å². The summed E-state index contributed by atoms with van der Waals surface area (Å²) in [5.74, 6) is 0.233. The van der Waals surface area contributed by atoms with E-state index in [0.717, 1.165) is 47.2 Å². The Kier molecular flexibility index (Phi) is 6.72. The zero-order valence-corrected chi connectivity index (χ0v) is 22.0. The highest BCUT2D eigenvalue weighted by molar-refractivity contribution is 6.08. The number of fused-ring (bicyclic) bond motifs is 1. The van der Waals surface area contributed by atoms with Crippen molar-refractivity contribution in [3.63, 3.8) is 0 Å².